The summed E-state index contributed by atoms with van der Waals surface area (Å²) in [6.45, 7) is 16.5. The largest absolute Gasteiger partial charge is 0.380 e. The van der Waals surface area contributed by atoms with E-state index in [1.54, 1.807) is 0 Å². The summed E-state index contributed by atoms with van der Waals surface area (Å²) < 4.78 is 7.73. The lowest BCUT2D eigenvalue weighted by Crippen LogP contribution is -2.37. The fourth-order valence-electron chi connectivity index (χ4n) is 2.38. The van der Waals surface area contributed by atoms with E-state index >= 15 is 0 Å². The first kappa shape index (κ1) is 18.2. The third-order valence-electron chi connectivity index (χ3n) is 3.65. The van der Waals surface area contributed by atoms with Crippen molar-refractivity contribution >= 4 is 0 Å². The first-order chi connectivity index (χ1) is 9.85. The van der Waals surface area contributed by atoms with Gasteiger partial charge in [-0.2, -0.15) is 5.10 Å². The molecule has 4 nitrogen and oxygen atoms in total. The van der Waals surface area contributed by atoms with Gasteiger partial charge in [-0.15, -0.1) is 0 Å². The number of rotatable bonds is 9. The summed E-state index contributed by atoms with van der Waals surface area (Å²) in [5.74, 6) is 0. The molecule has 0 atom stereocenters. The van der Waals surface area contributed by atoms with E-state index in [4.69, 9.17) is 4.74 Å². The van der Waals surface area contributed by atoms with Gasteiger partial charge in [0, 0.05) is 17.8 Å². The Hall–Kier alpha value is -0.870. The molecule has 0 unspecified atom stereocenters. The molecule has 0 saturated carbocycles. The molecule has 21 heavy (non-hydrogen) atoms. The minimum Gasteiger partial charge on any atom is -0.380 e. The normalized spacial score (nSPS) is 12.1. The Bertz CT molecular complexity index is 418. The van der Waals surface area contributed by atoms with E-state index in [0.717, 1.165) is 44.8 Å². The minimum absolute atomic E-state index is 0.172. The van der Waals surface area contributed by atoms with E-state index in [1.807, 2.05) is 0 Å². The summed E-state index contributed by atoms with van der Waals surface area (Å²) in [6.07, 6.45) is 3.36. The van der Waals surface area contributed by atoms with Crippen LogP contribution in [0, 0.1) is 13.8 Å². The Morgan fingerprint density at radius 2 is 1.90 bits per heavy atom. The van der Waals surface area contributed by atoms with E-state index in [-0.39, 0.29) is 5.54 Å². The maximum absolute atomic E-state index is 5.63. The summed E-state index contributed by atoms with van der Waals surface area (Å²) in [5, 5.41) is 8.19. The van der Waals surface area contributed by atoms with Gasteiger partial charge in [0.1, 0.15) is 0 Å². The van der Waals surface area contributed by atoms with Crippen molar-refractivity contribution in [2.24, 2.45) is 0 Å². The molecule has 4 heteroatoms. The van der Waals surface area contributed by atoms with Crippen molar-refractivity contribution < 1.29 is 4.74 Å². The molecule has 122 valence electrons. The maximum atomic E-state index is 5.63. The minimum atomic E-state index is 0.172. The van der Waals surface area contributed by atoms with E-state index < -0.39 is 0 Å². The van der Waals surface area contributed by atoms with Crippen molar-refractivity contribution in [1.29, 1.82) is 0 Å². The van der Waals surface area contributed by atoms with Gasteiger partial charge in [-0.1, -0.05) is 13.3 Å². The quantitative estimate of drug-likeness (QED) is 0.711. The van der Waals surface area contributed by atoms with E-state index in [9.17, 15) is 0 Å². The van der Waals surface area contributed by atoms with Gasteiger partial charge in [-0.05, 0) is 59.6 Å². The lowest BCUT2D eigenvalue weighted by molar-refractivity contribution is 0.120. The third kappa shape index (κ3) is 6.62. The highest BCUT2D eigenvalue weighted by molar-refractivity contribution is 5.24. The number of hydrogen-bond donors (Lipinski definition) is 1. The van der Waals surface area contributed by atoms with Crippen LogP contribution in [0.3, 0.4) is 0 Å². The van der Waals surface area contributed by atoms with E-state index in [2.05, 4.69) is 56.6 Å². The molecule has 1 rings (SSSR count). The topological polar surface area (TPSA) is 39.1 Å². The molecule has 1 N–H and O–H groups in total. The van der Waals surface area contributed by atoms with Crippen molar-refractivity contribution in [3.8, 4) is 0 Å². The van der Waals surface area contributed by atoms with Crippen LogP contribution in [-0.2, 0) is 17.7 Å². The second kappa shape index (κ2) is 8.54. The average Bonchev–Trinajstić information content (AvgIpc) is 2.65. The summed E-state index contributed by atoms with van der Waals surface area (Å²) in [4.78, 5) is 0. The number of aryl methyl sites for hydroxylation is 1. The molecule has 0 amide bonds. The Labute approximate surface area is 130 Å². The zero-order valence-electron chi connectivity index (χ0n) is 14.8. The predicted molar refractivity (Wildman–Crippen MR) is 88.9 cm³/mol. The lowest BCUT2D eigenvalue weighted by Gasteiger charge is -2.20. The monoisotopic (exact) mass is 295 g/mol. The van der Waals surface area contributed by atoms with Gasteiger partial charge >= 0.3 is 0 Å². The summed E-state index contributed by atoms with van der Waals surface area (Å²) in [7, 11) is 0. The SMILES string of the molecule is CCCCOCCn1nc(C)c(CCNC(C)(C)C)c1C. The van der Waals surface area contributed by atoms with Gasteiger partial charge in [0.15, 0.2) is 0 Å². The van der Waals surface area contributed by atoms with Crippen molar-refractivity contribution in [2.75, 3.05) is 19.8 Å². The molecule has 0 aromatic carbocycles. The number of nitrogens with one attached hydrogen (secondary N) is 1. The standard InChI is InChI=1S/C17H33N3O/c1-7-8-12-21-13-11-20-15(3)16(14(2)19-20)9-10-18-17(4,5)6/h18H,7-13H2,1-6H3. The molecule has 0 saturated heterocycles. The highest BCUT2D eigenvalue weighted by atomic mass is 16.5. The van der Waals surface area contributed by atoms with Gasteiger partial charge in [0.25, 0.3) is 0 Å². The van der Waals surface area contributed by atoms with Gasteiger partial charge in [-0.25, -0.2) is 0 Å². The number of aromatic nitrogens is 2. The number of ether oxygens (including phenoxy) is 1. The molecule has 0 aliphatic carbocycles. The van der Waals surface area contributed by atoms with Crippen molar-refractivity contribution in [3.63, 3.8) is 0 Å². The number of hydrogen-bond acceptors (Lipinski definition) is 3. The van der Waals surface area contributed by atoms with Crippen LogP contribution in [-0.4, -0.2) is 35.1 Å². The zero-order chi connectivity index (χ0) is 15.9. The Balaban J connectivity index is 2.47. The smallest absolute Gasteiger partial charge is 0.0662 e. The molecule has 0 radical (unpaired) electrons. The predicted octanol–water partition coefficient (Wildman–Crippen LogP) is 3.25. The van der Waals surface area contributed by atoms with Gasteiger partial charge in [0.2, 0.25) is 0 Å². The molecular weight excluding hydrogens is 262 g/mol. The molecule has 1 aromatic heterocycles. The first-order valence-electron chi connectivity index (χ1n) is 8.21. The summed E-state index contributed by atoms with van der Waals surface area (Å²) in [6, 6.07) is 0. The Morgan fingerprint density at radius 3 is 2.52 bits per heavy atom. The van der Waals surface area contributed by atoms with Crippen molar-refractivity contribution in [1.82, 2.24) is 15.1 Å². The molecule has 0 aliphatic heterocycles. The van der Waals surface area contributed by atoms with Crippen LogP contribution >= 0.6 is 0 Å². The zero-order valence-corrected chi connectivity index (χ0v) is 14.8. The Morgan fingerprint density at radius 1 is 1.19 bits per heavy atom. The average molecular weight is 295 g/mol. The van der Waals surface area contributed by atoms with Crippen LogP contribution in [0.2, 0.25) is 0 Å². The number of unbranched alkanes of at least 4 members (excludes halogenated alkanes) is 1. The Kier molecular flexibility index (Phi) is 7.40. The van der Waals surface area contributed by atoms with Gasteiger partial charge in [-0.3, -0.25) is 4.68 Å². The third-order valence-corrected chi connectivity index (χ3v) is 3.65. The summed E-state index contributed by atoms with van der Waals surface area (Å²) >= 11 is 0. The highest BCUT2D eigenvalue weighted by Crippen LogP contribution is 2.14. The second-order valence-corrected chi connectivity index (χ2v) is 6.77. The molecular formula is C17H33N3O. The van der Waals surface area contributed by atoms with Crippen LogP contribution in [0.1, 0.15) is 57.5 Å². The van der Waals surface area contributed by atoms with Crippen LogP contribution in [0.5, 0.6) is 0 Å². The van der Waals surface area contributed by atoms with Crippen LogP contribution in [0.25, 0.3) is 0 Å². The van der Waals surface area contributed by atoms with Gasteiger partial charge < -0.3 is 10.1 Å². The second-order valence-electron chi connectivity index (χ2n) is 6.77. The lowest BCUT2D eigenvalue weighted by atomic mass is 10.1. The first-order valence-corrected chi connectivity index (χ1v) is 8.21. The fourth-order valence-corrected chi connectivity index (χ4v) is 2.38. The van der Waals surface area contributed by atoms with Crippen molar-refractivity contribution in [3.05, 3.63) is 17.0 Å². The molecule has 0 spiro atoms. The molecule has 1 heterocycles. The van der Waals surface area contributed by atoms with E-state index in [1.165, 1.54) is 17.7 Å². The van der Waals surface area contributed by atoms with Crippen LogP contribution < -0.4 is 5.32 Å². The highest BCUT2D eigenvalue weighted by Gasteiger charge is 2.13. The molecule has 0 fully saturated rings. The fraction of sp³-hybridized carbons (Fsp3) is 0.824. The van der Waals surface area contributed by atoms with E-state index in [0.29, 0.717) is 0 Å². The maximum Gasteiger partial charge on any atom is 0.0662 e. The molecule has 1 aromatic rings. The van der Waals surface area contributed by atoms with Gasteiger partial charge in [0.05, 0.1) is 18.8 Å². The van der Waals surface area contributed by atoms with Crippen LogP contribution in [0.4, 0.5) is 0 Å². The number of nitrogens with zero attached hydrogens (tertiary/aromatic N) is 2. The molecule has 0 aliphatic rings. The molecule has 0 bridgehead atoms. The van der Waals surface area contributed by atoms with Crippen LogP contribution in [0.15, 0.2) is 0 Å². The summed E-state index contributed by atoms with van der Waals surface area (Å²) in [5.41, 5.74) is 3.98. The van der Waals surface area contributed by atoms with Crippen molar-refractivity contribution in [2.45, 2.75) is 72.9 Å².